The molecule has 0 unspecified atom stereocenters. The minimum Gasteiger partial charge on any atom is -0.385 e. The highest BCUT2D eigenvalue weighted by atomic mass is 32.2. The summed E-state index contributed by atoms with van der Waals surface area (Å²) in [6.45, 7) is 10.00. The summed E-state index contributed by atoms with van der Waals surface area (Å²) in [5.41, 5.74) is 0.584. The molecule has 29 heavy (non-hydrogen) atoms. The van der Waals surface area contributed by atoms with Gasteiger partial charge in [-0.3, -0.25) is 4.72 Å². The maximum Gasteiger partial charge on any atom is 0.151 e. The molecule has 3 rings (SSSR count). The molecule has 4 nitrogen and oxygen atoms in total. The van der Waals surface area contributed by atoms with Gasteiger partial charge in [0.1, 0.15) is 5.69 Å². The molecule has 0 amide bonds. The Balaban J connectivity index is 1.52. The van der Waals surface area contributed by atoms with E-state index in [1.807, 2.05) is 13.8 Å². The second-order valence-corrected chi connectivity index (χ2v) is 10.2. The molecule has 0 aromatic heterocycles. The van der Waals surface area contributed by atoms with Gasteiger partial charge in [0.05, 0.1) is 12.2 Å². The summed E-state index contributed by atoms with van der Waals surface area (Å²) in [5.74, 6) is -0.469. The fourth-order valence-electron chi connectivity index (χ4n) is 4.31. The van der Waals surface area contributed by atoms with E-state index in [0.717, 1.165) is 32.2 Å². The van der Waals surface area contributed by atoms with Gasteiger partial charge in [0.25, 0.3) is 0 Å². The third kappa shape index (κ3) is 6.46. The van der Waals surface area contributed by atoms with Gasteiger partial charge in [0.15, 0.2) is 11.6 Å². The summed E-state index contributed by atoms with van der Waals surface area (Å²) in [6.07, 6.45) is 4.49. The zero-order valence-electron chi connectivity index (χ0n) is 18.0. The van der Waals surface area contributed by atoms with Crippen LogP contribution < -0.4 is 14.9 Å². The zero-order chi connectivity index (χ0) is 21.0. The fraction of sp³-hybridized carbons (Fsp3) is 0.727. The highest BCUT2D eigenvalue weighted by Gasteiger charge is 2.27. The lowest BCUT2D eigenvalue weighted by Crippen LogP contribution is -2.46. The summed E-state index contributed by atoms with van der Waals surface area (Å²) in [7, 11) is 0. The first-order valence-electron chi connectivity index (χ1n) is 10.9. The average Bonchev–Trinajstić information content (AvgIpc) is 2.64. The third-order valence-corrected chi connectivity index (χ3v) is 6.61. The van der Waals surface area contributed by atoms with Crippen LogP contribution in [0.3, 0.4) is 0 Å². The van der Waals surface area contributed by atoms with E-state index in [1.54, 1.807) is 16.8 Å². The molecule has 0 radical (unpaired) electrons. The molecule has 1 aromatic carbocycles. The van der Waals surface area contributed by atoms with Crippen molar-refractivity contribution in [2.75, 3.05) is 29.9 Å². The minimum absolute atomic E-state index is 0.0427. The van der Waals surface area contributed by atoms with Gasteiger partial charge >= 0.3 is 0 Å². The topological polar surface area (TPSA) is 36.5 Å². The standard InChI is InChI=1S/C22H35F2N3OS/c1-14(2)29-26-18-7-5-17(6-8-18)11-25-19-9-20(23)22(21(24)10-19)27-12-15(3)28-16(4)13-27/h9-10,14-18,25-26H,5-8,11-13H2,1-4H3/t15-,16+,17?,18?. The number of ether oxygens (including phenoxy) is 1. The van der Waals surface area contributed by atoms with Crippen molar-refractivity contribution in [3.8, 4) is 0 Å². The lowest BCUT2D eigenvalue weighted by molar-refractivity contribution is -0.00557. The third-order valence-electron chi connectivity index (χ3n) is 5.66. The van der Waals surface area contributed by atoms with Gasteiger partial charge in [0, 0.05) is 36.6 Å². The second-order valence-electron chi connectivity index (χ2n) is 8.83. The fourth-order valence-corrected chi connectivity index (χ4v) is 5.01. The van der Waals surface area contributed by atoms with E-state index in [1.165, 1.54) is 12.1 Å². The number of nitrogens with one attached hydrogen (secondary N) is 2. The van der Waals surface area contributed by atoms with Crippen LogP contribution in [0.5, 0.6) is 0 Å². The maximum atomic E-state index is 14.7. The van der Waals surface area contributed by atoms with Gasteiger partial charge in [0.2, 0.25) is 0 Å². The van der Waals surface area contributed by atoms with Crippen LogP contribution in [0.1, 0.15) is 53.4 Å². The van der Waals surface area contributed by atoms with Crippen LogP contribution in [0, 0.1) is 17.6 Å². The van der Waals surface area contributed by atoms with Crippen molar-refractivity contribution in [2.24, 2.45) is 5.92 Å². The van der Waals surface area contributed by atoms with E-state index in [-0.39, 0.29) is 17.9 Å². The van der Waals surface area contributed by atoms with Crippen LogP contribution >= 0.6 is 11.9 Å². The van der Waals surface area contributed by atoms with Gasteiger partial charge in [-0.15, -0.1) is 0 Å². The van der Waals surface area contributed by atoms with Gasteiger partial charge in [-0.25, -0.2) is 8.78 Å². The van der Waals surface area contributed by atoms with Crippen molar-refractivity contribution in [3.05, 3.63) is 23.8 Å². The number of benzene rings is 1. The molecule has 2 N–H and O–H groups in total. The Morgan fingerprint density at radius 2 is 1.66 bits per heavy atom. The number of anilines is 2. The Labute approximate surface area is 178 Å². The largest absolute Gasteiger partial charge is 0.385 e. The number of rotatable bonds is 7. The Morgan fingerprint density at radius 1 is 1.07 bits per heavy atom. The van der Waals surface area contributed by atoms with Crippen molar-refractivity contribution in [1.82, 2.24) is 4.72 Å². The molecule has 2 fully saturated rings. The number of hydrogen-bond acceptors (Lipinski definition) is 5. The molecule has 1 aromatic rings. The molecule has 1 heterocycles. The smallest absolute Gasteiger partial charge is 0.151 e. The molecule has 2 atom stereocenters. The molecule has 2 aliphatic rings. The van der Waals surface area contributed by atoms with Crippen LogP contribution in [0.4, 0.5) is 20.2 Å². The van der Waals surface area contributed by atoms with Crippen LogP contribution in [0.25, 0.3) is 0 Å². The predicted octanol–water partition coefficient (Wildman–Crippen LogP) is 5.20. The van der Waals surface area contributed by atoms with Crippen molar-refractivity contribution < 1.29 is 13.5 Å². The molecule has 1 aliphatic carbocycles. The molecule has 0 spiro atoms. The maximum absolute atomic E-state index is 14.7. The first-order valence-corrected chi connectivity index (χ1v) is 11.7. The van der Waals surface area contributed by atoms with Crippen molar-refractivity contribution >= 4 is 23.3 Å². The minimum atomic E-state index is -0.507. The first kappa shape index (κ1) is 22.6. The lowest BCUT2D eigenvalue weighted by Gasteiger charge is -2.37. The number of morpholine rings is 1. The average molecular weight is 428 g/mol. The summed E-state index contributed by atoms with van der Waals surface area (Å²) < 4.78 is 38.7. The molecular weight excluding hydrogens is 392 g/mol. The molecule has 0 bridgehead atoms. The van der Waals surface area contributed by atoms with E-state index in [2.05, 4.69) is 23.9 Å². The first-order chi connectivity index (χ1) is 13.8. The zero-order valence-corrected chi connectivity index (χ0v) is 18.8. The van der Waals surface area contributed by atoms with Crippen LogP contribution in [-0.4, -0.2) is 43.1 Å². The highest BCUT2D eigenvalue weighted by Crippen LogP contribution is 2.31. The summed E-state index contributed by atoms with van der Waals surface area (Å²) >= 11 is 1.80. The van der Waals surface area contributed by atoms with Crippen LogP contribution in [0.15, 0.2) is 12.1 Å². The van der Waals surface area contributed by atoms with E-state index in [0.29, 0.717) is 36.0 Å². The van der Waals surface area contributed by atoms with Crippen LogP contribution in [0.2, 0.25) is 0 Å². The van der Waals surface area contributed by atoms with Gasteiger partial charge in [-0.05, 0) is 57.6 Å². The second kappa shape index (κ2) is 10.3. The quantitative estimate of drug-likeness (QED) is 0.585. The number of hydrogen-bond donors (Lipinski definition) is 2. The Morgan fingerprint density at radius 3 is 2.21 bits per heavy atom. The lowest BCUT2D eigenvalue weighted by atomic mass is 9.86. The summed E-state index contributed by atoms with van der Waals surface area (Å²) in [6, 6.07) is 3.43. The van der Waals surface area contributed by atoms with Crippen LogP contribution in [-0.2, 0) is 4.74 Å². The molecule has 7 heteroatoms. The van der Waals surface area contributed by atoms with Gasteiger partial charge in [-0.1, -0.05) is 25.8 Å². The number of nitrogens with zero attached hydrogens (tertiary/aromatic N) is 1. The van der Waals surface area contributed by atoms with Gasteiger partial charge in [-0.2, -0.15) is 0 Å². The predicted molar refractivity (Wildman–Crippen MR) is 119 cm³/mol. The highest BCUT2D eigenvalue weighted by molar-refractivity contribution is 7.98. The van der Waals surface area contributed by atoms with E-state index in [4.69, 9.17) is 4.74 Å². The number of halogens is 2. The molecule has 1 aliphatic heterocycles. The molecule has 1 saturated carbocycles. The van der Waals surface area contributed by atoms with E-state index < -0.39 is 11.6 Å². The SMILES string of the molecule is CC(C)SNC1CCC(CNc2cc(F)c(N3C[C@@H](C)O[C@@H](C)C3)c(F)c2)CC1. The van der Waals surface area contributed by atoms with E-state index >= 15 is 0 Å². The Kier molecular flexibility index (Phi) is 8.05. The summed E-state index contributed by atoms with van der Waals surface area (Å²) in [4.78, 5) is 1.76. The van der Waals surface area contributed by atoms with Crippen molar-refractivity contribution in [3.63, 3.8) is 0 Å². The van der Waals surface area contributed by atoms with E-state index in [9.17, 15) is 8.78 Å². The molecular formula is C22H35F2N3OS. The molecule has 164 valence electrons. The normalized spacial score (nSPS) is 28.0. The van der Waals surface area contributed by atoms with Crippen molar-refractivity contribution in [1.29, 1.82) is 0 Å². The summed E-state index contributed by atoms with van der Waals surface area (Å²) in [5, 5.41) is 3.85. The van der Waals surface area contributed by atoms with Crippen molar-refractivity contribution in [2.45, 2.75) is 76.9 Å². The Hall–Kier alpha value is -1.05. The Bertz CT molecular complexity index is 634. The monoisotopic (exact) mass is 427 g/mol. The molecule has 1 saturated heterocycles. The van der Waals surface area contributed by atoms with Gasteiger partial charge < -0.3 is 15.0 Å².